The second-order valence-electron chi connectivity index (χ2n) is 3.32. The van der Waals surface area contributed by atoms with E-state index in [0.29, 0.717) is 6.04 Å². The van der Waals surface area contributed by atoms with Crippen molar-refractivity contribution in [2.75, 3.05) is 13.2 Å². The van der Waals surface area contributed by atoms with Gasteiger partial charge in [-0.2, -0.15) is 5.10 Å². The lowest BCUT2D eigenvalue weighted by Crippen LogP contribution is -2.33. The third-order valence-corrected chi connectivity index (χ3v) is 1.95. The number of nitrogens with zero attached hydrogens (tertiary/aromatic N) is 2. The van der Waals surface area contributed by atoms with Crippen LogP contribution in [0.3, 0.4) is 0 Å². The largest absolute Gasteiger partial charge is 0.380 e. The Hall–Kier alpha value is -0.940. The Morgan fingerprint density at radius 2 is 2.36 bits per heavy atom. The Labute approximate surface area is 84.3 Å². The first-order chi connectivity index (χ1) is 6.74. The van der Waals surface area contributed by atoms with E-state index in [4.69, 9.17) is 4.74 Å². The average Bonchev–Trinajstić information content (AvgIpc) is 2.67. The molecule has 80 valence electrons. The van der Waals surface area contributed by atoms with Gasteiger partial charge < -0.3 is 10.1 Å². The summed E-state index contributed by atoms with van der Waals surface area (Å²) in [7, 11) is 0. The Kier molecular flexibility index (Phi) is 4.55. The Bertz CT molecular complexity index is 237. The number of nitrogens with one attached hydrogen (secondary N) is 2. The number of aromatic nitrogens is 3. The second-order valence-corrected chi connectivity index (χ2v) is 3.32. The van der Waals surface area contributed by atoms with Crippen molar-refractivity contribution in [2.24, 2.45) is 0 Å². The zero-order valence-electron chi connectivity index (χ0n) is 8.95. The summed E-state index contributed by atoms with van der Waals surface area (Å²) >= 11 is 0. The van der Waals surface area contributed by atoms with Gasteiger partial charge in [0.25, 0.3) is 0 Å². The molecular weight excluding hydrogens is 180 g/mol. The second kappa shape index (κ2) is 5.72. The molecule has 5 heteroatoms. The van der Waals surface area contributed by atoms with Crippen molar-refractivity contribution >= 4 is 0 Å². The van der Waals surface area contributed by atoms with Gasteiger partial charge in [0.05, 0.1) is 12.6 Å². The highest BCUT2D eigenvalue weighted by Crippen LogP contribution is 2.05. The van der Waals surface area contributed by atoms with E-state index in [1.165, 1.54) is 6.33 Å². The van der Waals surface area contributed by atoms with Crippen LogP contribution in [0.4, 0.5) is 0 Å². The predicted molar refractivity (Wildman–Crippen MR) is 53.9 cm³/mol. The van der Waals surface area contributed by atoms with E-state index in [1.54, 1.807) is 0 Å². The first-order valence-corrected chi connectivity index (χ1v) is 4.93. The van der Waals surface area contributed by atoms with Crippen LogP contribution in [-0.2, 0) is 4.74 Å². The van der Waals surface area contributed by atoms with Crippen molar-refractivity contribution in [3.8, 4) is 0 Å². The lowest BCUT2D eigenvalue weighted by molar-refractivity contribution is 0.124. The lowest BCUT2D eigenvalue weighted by atomic mass is 10.2. The zero-order valence-corrected chi connectivity index (χ0v) is 8.95. The van der Waals surface area contributed by atoms with Gasteiger partial charge in [0.15, 0.2) is 0 Å². The summed E-state index contributed by atoms with van der Waals surface area (Å²) in [5, 5.41) is 10.00. The van der Waals surface area contributed by atoms with Crippen molar-refractivity contribution in [2.45, 2.75) is 32.9 Å². The Morgan fingerprint density at radius 1 is 1.57 bits per heavy atom. The van der Waals surface area contributed by atoms with Crippen LogP contribution >= 0.6 is 0 Å². The maximum Gasteiger partial charge on any atom is 0.141 e. The van der Waals surface area contributed by atoms with Crippen LogP contribution in [0.15, 0.2) is 6.33 Å². The fourth-order valence-corrected chi connectivity index (χ4v) is 1.27. The standard InChI is InChI=1S/C9H18N4O/c1-4-14-5-7(2)12-8(3)9-10-6-11-13-9/h6-8,12H,4-5H2,1-3H3,(H,10,11,13). The van der Waals surface area contributed by atoms with Crippen molar-refractivity contribution in [3.05, 3.63) is 12.2 Å². The molecule has 2 atom stereocenters. The highest BCUT2D eigenvalue weighted by Gasteiger charge is 2.11. The summed E-state index contributed by atoms with van der Waals surface area (Å²) in [5.41, 5.74) is 0. The van der Waals surface area contributed by atoms with Crippen molar-refractivity contribution in [1.29, 1.82) is 0 Å². The molecule has 0 aliphatic carbocycles. The first-order valence-electron chi connectivity index (χ1n) is 4.93. The molecule has 1 heterocycles. The maximum absolute atomic E-state index is 5.30. The van der Waals surface area contributed by atoms with Crippen LogP contribution in [-0.4, -0.2) is 34.4 Å². The van der Waals surface area contributed by atoms with Gasteiger partial charge in [-0.15, -0.1) is 0 Å². The van der Waals surface area contributed by atoms with Crippen LogP contribution in [0, 0.1) is 0 Å². The van der Waals surface area contributed by atoms with E-state index in [2.05, 4.69) is 27.4 Å². The van der Waals surface area contributed by atoms with Crippen LogP contribution in [0.5, 0.6) is 0 Å². The fraction of sp³-hybridized carbons (Fsp3) is 0.778. The summed E-state index contributed by atoms with van der Waals surface area (Å²) < 4.78 is 5.30. The minimum Gasteiger partial charge on any atom is -0.380 e. The van der Waals surface area contributed by atoms with Crippen molar-refractivity contribution in [3.63, 3.8) is 0 Å². The number of rotatable bonds is 6. The van der Waals surface area contributed by atoms with Gasteiger partial charge in [-0.1, -0.05) is 0 Å². The number of hydrogen-bond acceptors (Lipinski definition) is 4. The topological polar surface area (TPSA) is 62.8 Å². The van der Waals surface area contributed by atoms with E-state index in [1.807, 2.05) is 13.8 Å². The van der Waals surface area contributed by atoms with E-state index in [-0.39, 0.29) is 6.04 Å². The van der Waals surface area contributed by atoms with Crippen LogP contribution in [0.25, 0.3) is 0 Å². The lowest BCUT2D eigenvalue weighted by Gasteiger charge is -2.17. The summed E-state index contributed by atoms with van der Waals surface area (Å²) in [6.07, 6.45) is 1.51. The minimum absolute atomic E-state index is 0.174. The average molecular weight is 198 g/mol. The van der Waals surface area contributed by atoms with E-state index in [0.717, 1.165) is 19.0 Å². The van der Waals surface area contributed by atoms with Gasteiger partial charge in [-0.05, 0) is 20.8 Å². The van der Waals surface area contributed by atoms with Crippen molar-refractivity contribution < 1.29 is 4.74 Å². The van der Waals surface area contributed by atoms with Crippen LogP contribution in [0.1, 0.15) is 32.6 Å². The summed E-state index contributed by atoms with van der Waals surface area (Å²) in [4.78, 5) is 4.08. The zero-order chi connectivity index (χ0) is 10.4. The van der Waals surface area contributed by atoms with Crippen LogP contribution < -0.4 is 5.32 Å². The normalized spacial score (nSPS) is 15.4. The molecule has 1 aromatic heterocycles. The smallest absolute Gasteiger partial charge is 0.141 e. The highest BCUT2D eigenvalue weighted by molar-refractivity contribution is 4.89. The Balaban J connectivity index is 2.29. The van der Waals surface area contributed by atoms with Gasteiger partial charge >= 0.3 is 0 Å². The van der Waals surface area contributed by atoms with Crippen LogP contribution in [0.2, 0.25) is 0 Å². The van der Waals surface area contributed by atoms with Crippen molar-refractivity contribution in [1.82, 2.24) is 20.5 Å². The summed E-state index contributed by atoms with van der Waals surface area (Å²) in [6.45, 7) is 7.59. The van der Waals surface area contributed by atoms with E-state index >= 15 is 0 Å². The molecule has 1 rings (SSSR count). The number of ether oxygens (including phenoxy) is 1. The number of aromatic amines is 1. The molecule has 0 radical (unpaired) electrons. The molecule has 5 nitrogen and oxygen atoms in total. The molecule has 0 spiro atoms. The van der Waals surface area contributed by atoms with Gasteiger partial charge in [-0.25, -0.2) is 4.98 Å². The molecule has 2 unspecified atom stereocenters. The minimum atomic E-state index is 0.174. The Morgan fingerprint density at radius 3 is 2.93 bits per heavy atom. The molecule has 0 bridgehead atoms. The molecule has 0 saturated heterocycles. The highest BCUT2D eigenvalue weighted by atomic mass is 16.5. The quantitative estimate of drug-likeness (QED) is 0.712. The molecule has 1 aromatic rings. The third-order valence-electron chi connectivity index (χ3n) is 1.95. The number of H-pyrrole nitrogens is 1. The van der Waals surface area contributed by atoms with E-state index < -0.39 is 0 Å². The maximum atomic E-state index is 5.30. The molecule has 2 N–H and O–H groups in total. The fourth-order valence-electron chi connectivity index (χ4n) is 1.27. The molecule has 0 saturated carbocycles. The monoisotopic (exact) mass is 198 g/mol. The van der Waals surface area contributed by atoms with Gasteiger partial charge in [0.1, 0.15) is 12.2 Å². The van der Waals surface area contributed by atoms with Gasteiger partial charge in [0, 0.05) is 12.6 Å². The molecule has 0 aliphatic rings. The predicted octanol–water partition coefficient (Wildman–Crippen LogP) is 0.880. The van der Waals surface area contributed by atoms with Gasteiger partial charge in [-0.3, -0.25) is 5.10 Å². The number of hydrogen-bond donors (Lipinski definition) is 2. The summed E-state index contributed by atoms with van der Waals surface area (Å²) in [5.74, 6) is 0.855. The summed E-state index contributed by atoms with van der Waals surface area (Å²) in [6, 6.07) is 0.489. The van der Waals surface area contributed by atoms with E-state index in [9.17, 15) is 0 Å². The molecule has 0 amide bonds. The molecule has 0 aliphatic heterocycles. The SMILES string of the molecule is CCOCC(C)NC(C)c1ncn[nH]1. The molecule has 0 aromatic carbocycles. The first kappa shape index (κ1) is 11.1. The molecular formula is C9H18N4O. The third kappa shape index (κ3) is 3.43. The van der Waals surface area contributed by atoms with Gasteiger partial charge in [0.2, 0.25) is 0 Å². The molecule has 0 fully saturated rings. The molecule has 14 heavy (non-hydrogen) atoms.